The first-order valence-corrected chi connectivity index (χ1v) is 7.41. The van der Waals surface area contributed by atoms with Crippen LogP contribution in [0, 0.1) is 11.2 Å². The highest BCUT2D eigenvalue weighted by Gasteiger charge is 2.16. The minimum absolute atomic E-state index is 0.0606. The molecule has 0 radical (unpaired) electrons. The molecule has 1 aromatic carbocycles. The van der Waals surface area contributed by atoms with Gasteiger partial charge in [0.25, 0.3) is 0 Å². The largest absolute Gasteiger partial charge is 0.396 e. The summed E-state index contributed by atoms with van der Waals surface area (Å²) in [6.45, 7) is 4.43. The zero-order valence-corrected chi connectivity index (χ0v) is 13.1. The van der Waals surface area contributed by atoms with Gasteiger partial charge in [0.2, 0.25) is 0 Å². The van der Waals surface area contributed by atoms with E-state index in [0.29, 0.717) is 6.54 Å². The van der Waals surface area contributed by atoms with Crippen molar-refractivity contribution in [1.82, 2.24) is 10.6 Å². The number of carbonyl (C=O) groups is 1. The molecule has 5 nitrogen and oxygen atoms in total. The van der Waals surface area contributed by atoms with Gasteiger partial charge in [-0.15, -0.1) is 0 Å². The van der Waals surface area contributed by atoms with Gasteiger partial charge in [0, 0.05) is 25.3 Å². The van der Waals surface area contributed by atoms with Crippen molar-refractivity contribution in [3.8, 4) is 0 Å². The molecule has 0 aliphatic carbocycles. The molecule has 0 fully saturated rings. The second-order valence-corrected chi connectivity index (χ2v) is 6.10. The third kappa shape index (κ3) is 6.41. The molecular formula is C16H25FN2O3. The van der Waals surface area contributed by atoms with Crippen LogP contribution in [0.25, 0.3) is 0 Å². The highest BCUT2D eigenvalue weighted by molar-refractivity contribution is 5.73. The van der Waals surface area contributed by atoms with E-state index >= 15 is 0 Å². The maximum atomic E-state index is 13.4. The fourth-order valence-corrected chi connectivity index (χ4v) is 1.96. The second-order valence-electron chi connectivity index (χ2n) is 6.10. The summed E-state index contributed by atoms with van der Waals surface area (Å²) in [5, 5.41) is 24.1. The van der Waals surface area contributed by atoms with E-state index in [0.717, 1.165) is 12.8 Å². The molecule has 0 saturated heterocycles. The molecule has 1 aromatic rings. The summed E-state index contributed by atoms with van der Waals surface area (Å²) in [4.78, 5) is 11.6. The predicted octanol–water partition coefficient (Wildman–Crippen LogP) is 1.96. The predicted molar refractivity (Wildman–Crippen MR) is 82.9 cm³/mol. The van der Waals surface area contributed by atoms with Crippen LogP contribution in [-0.2, 0) is 0 Å². The van der Waals surface area contributed by atoms with Gasteiger partial charge in [0.05, 0.1) is 6.10 Å². The lowest BCUT2D eigenvalue weighted by Crippen LogP contribution is -2.38. The Morgan fingerprint density at radius 2 is 2.00 bits per heavy atom. The molecule has 1 unspecified atom stereocenters. The first-order valence-electron chi connectivity index (χ1n) is 7.41. The smallest absolute Gasteiger partial charge is 0.314 e. The fraction of sp³-hybridized carbons (Fsp3) is 0.562. The van der Waals surface area contributed by atoms with Crippen molar-refractivity contribution in [2.45, 2.75) is 32.8 Å². The van der Waals surface area contributed by atoms with Crippen LogP contribution >= 0.6 is 0 Å². The molecule has 2 amide bonds. The van der Waals surface area contributed by atoms with Crippen molar-refractivity contribution in [2.24, 2.45) is 5.41 Å². The molecule has 0 heterocycles. The van der Waals surface area contributed by atoms with E-state index in [4.69, 9.17) is 5.11 Å². The summed E-state index contributed by atoms with van der Waals surface area (Å²) in [6, 6.07) is 5.51. The molecule has 4 N–H and O–H groups in total. The van der Waals surface area contributed by atoms with Crippen molar-refractivity contribution < 1.29 is 19.4 Å². The van der Waals surface area contributed by atoms with Gasteiger partial charge in [0.1, 0.15) is 5.82 Å². The number of halogens is 1. The number of urea groups is 1. The maximum Gasteiger partial charge on any atom is 0.314 e. The molecule has 0 bridgehead atoms. The Bertz CT molecular complexity index is 480. The number of aliphatic hydroxyl groups is 2. The quantitative estimate of drug-likeness (QED) is 0.554. The third-order valence-corrected chi connectivity index (χ3v) is 3.46. The van der Waals surface area contributed by atoms with Gasteiger partial charge in [0.15, 0.2) is 0 Å². The van der Waals surface area contributed by atoms with Crippen LogP contribution in [0.4, 0.5) is 9.18 Å². The van der Waals surface area contributed by atoms with Crippen LogP contribution in [0.15, 0.2) is 24.3 Å². The number of hydrogen-bond donors (Lipinski definition) is 4. The summed E-state index contributed by atoms with van der Waals surface area (Å²) in [5.74, 6) is -0.497. The molecule has 0 aliphatic heterocycles. The SMILES string of the molecule is CC(C)(CO)CCCNC(=O)NCC(O)c1ccccc1F. The molecule has 1 atom stereocenters. The average molecular weight is 312 g/mol. The van der Waals surface area contributed by atoms with Gasteiger partial charge in [-0.2, -0.15) is 0 Å². The number of carbonyl (C=O) groups excluding carboxylic acids is 1. The third-order valence-electron chi connectivity index (χ3n) is 3.46. The first kappa shape index (κ1) is 18.4. The topological polar surface area (TPSA) is 81.6 Å². The van der Waals surface area contributed by atoms with Crippen LogP contribution in [0.1, 0.15) is 38.4 Å². The van der Waals surface area contributed by atoms with Crippen LogP contribution in [0.5, 0.6) is 0 Å². The van der Waals surface area contributed by atoms with E-state index in [1.165, 1.54) is 12.1 Å². The van der Waals surface area contributed by atoms with E-state index < -0.39 is 18.0 Å². The summed E-state index contributed by atoms with van der Waals surface area (Å²) < 4.78 is 13.4. The van der Waals surface area contributed by atoms with Gasteiger partial charge >= 0.3 is 6.03 Å². The molecule has 0 spiro atoms. The normalized spacial score (nSPS) is 12.8. The zero-order valence-electron chi connectivity index (χ0n) is 13.1. The Morgan fingerprint density at radius 3 is 2.64 bits per heavy atom. The van der Waals surface area contributed by atoms with Crippen molar-refractivity contribution in [2.75, 3.05) is 19.7 Å². The van der Waals surface area contributed by atoms with Gasteiger partial charge in [-0.1, -0.05) is 32.0 Å². The standard InChI is InChI=1S/C16H25FN2O3/c1-16(2,11-20)8-5-9-18-15(22)19-10-14(21)12-6-3-4-7-13(12)17/h3-4,6-7,14,20-21H,5,8-11H2,1-2H3,(H2,18,19,22). The van der Waals surface area contributed by atoms with Crippen LogP contribution in [-0.4, -0.2) is 35.9 Å². The number of rotatable bonds is 8. The van der Waals surface area contributed by atoms with Crippen molar-refractivity contribution >= 4 is 6.03 Å². The molecule has 6 heteroatoms. The Hall–Kier alpha value is -1.66. The lowest BCUT2D eigenvalue weighted by molar-refractivity contribution is 0.147. The molecule has 124 valence electrons. The summed E-state index contributed by atoms with van der Waals surface area (Å²) in [6.07, 6.45) is 0.457. The van der Waals surface area contributed by atoms with Gasteiger partial charge < -0.3 is 20.8 Å². The lowest BCUT2D eigenvalue weighted by atomic mass is 9.89. The molecular weight excluding hydrogens is 287 g/mol. The van der Waals surface area contributed by atoms with Gasteiger partial charge in [-0.25, -0.2) is 9.18 Å². The average Bonchev–Trinajstić information content (AvgIpc) is 2.49. The lowest BCUT2D eigenvalue weighted by Gasteiger charge is -2.21. The van der Waals surface area contributed by atoms with Crippen LogP contribution in [0.3, 0.4) is 0 Å². The molecule has 1 rings (SSSR count). The molecule has 0 aromatic heterocycles. The minimum Gasteiger partial charge on any atom is -0.396 e. The monoisotopic (exact) mass is 312 g/mol. The maximum absolute atomic E-state index is 13.4. The zero-order chi connectivity index (χ0) is 16.6. The number of aliphatic hydroxyl groups excluding tert-OH is 2. The van der Waals surface area contributed by atoms with Crippen molar-refractivity contribution in [1.29, 1.82) is 0 Å². The van der Waals surface area contributed by atoms with Crippen molar-refractivity contribution in [3.63, 3.8) is 0 Å². The van der Waals surface area contributed by atoms with Gasteiger partial charge in [-0.05, 0) is 24.3 Å². The second kappa shape index (κ2) is 8.70. The van der Waals surface area contributed by atoms with Crippen molar-refractivity contribution in [3.05, 3.63) is 35.6 Å². The summed E-state index contributed by atoms with van der Waals surface area (Å²) in [7, 11) is 0. The molecule has 22 heavy (non-hydrogen) atoms. The van der Waals surface area contributed by atoms with E-state index in [1.54, 1.807) is 12.1 Å². The fourth-order valence-electron chi connectivity index (χ4n) is 1.96. The molecule has 0 aliphatic rings. The Kier molecular flexibility index (Phi) is 7.27. The highest BCUT2D eigenvalue weighted by atomic mass is 19.1. The Morgan fingerprint density at radius 1 is 1.32 bits per heavy atom. The first-order chi connectivity index (χ1) is 10.4. The van der Waals surface area contributed by atoms with E-state index in [2.05, 4.69) is 10.6 Å². The number of nitrogens with one attached hydrogen (secondary N) is 2. The number of hydrogen-bond acceptors (Lipinski definition) is 3. The van der Waals surface area contributed by atoms with Crippen LogP contribution in [0.2, 0.25) is 0 Å². The van der Waals surface area contributed by atoms with Crippen LogP contribution < -0.4 is 10.6 Å². The highest BCUT2D eigenvalue weighted by Crippen LogP contribution is 2.20. The summed E-state index contributed by atoms with van der Waals surface area (Å²) >= 11 is 0. The Balaban J connectivity index is 2.25. The van der Waals surface area contributed by atoms with Gasteiger partial charge in [-0.3, -0.25) is 0 Å². The number of amides is 2. The molecule has 0 saturated carbocycles. The summed E-state index contributed by atoms with van der Waals surface area (Å²) in [5.41, 5.74) is 0.00613. The minimum atomic E-state index is -1.08. The Labute approximate surface area is 130 Å². The number of benzene rings is 1. The van der Waals surface area contributed by atoms with E-state index in [-0.39, 0.29) is 24.1 Å². The van der Waals surface area contributed by atoms with E-state index in [1.807, 2.05) is 13.8 Å². The van der Waals surface area contributed by atoms with E-state index in [9.17, 15) is 14.3 Å².